The highest BCUT2D eigenvalue weighted by molar-refractivity contribution is 8.09. The maximum atomic E-state index is 12.6. The third-order valence-electron chi connectivity index (χ3n) is 8.06. The average Bonchev–Trinajstić information content (AvgIpc) is 2.92. The minimum Gasteiger partial charge on any atom is -0.311 e. The summed E-state index contributed by atoms with van der Waals surface area (Å²) in [6, 6.07) is 0. The molecule has 3 saturated carbocycles. The van der Waals surface area contributed by atoms with Crippen molar-refractivity contribution in [2.75, 3.05) is 7.11 Å². The number of allylic oxidation sites excluding steroid dienone is 4. The molecule has 0 bridgehead atoms. The summed E-state index contributed by atoms with van der Waals surface area (Å²) in [7, 11) is 1.61. The Labute approximate surface area is 150 Å². The lowest BCUT2D eigenvalue weighted by Crippen LogP contribution is -2.49. The molecule has 6 atom stereocenters. The van der Waals surface area contributed by atoms with Crippen LogP contribution in [0.3, 0.4) is 0 Å². The van der Waals surface area contributed by atoms with E-state index >= 15 is 0 Å². The minimum absolute atomic E-state index is 0.194. The molecule has 132 valence electrons. The van der Waals surface area contributed by atoms with Gasteiger partial charge in [0.05, 0.1) is 19.2 Å². The van der Waals surface area contributed by atoms with E-state index in [-0.39, 0.29) is 21.9 Å². The number of hydrogen-bond donors (Lipinski definition) is 0. The van der Waals surface area contributed by atoms with Crippen LogP contribution in [0, 0.1) is 34.5 Å². The van der Waals surface area contributed by atoms with Gasteiger partial charge in [-0.25, -0.2) is 0 Å². The highest BCUT2D eigenvalue weighted by Crippen LogP contribution is 2.66. The number of carbonyl (C=O) groups excluding carboxylic acids is 1. The van der Waals surface area contributed by atoms with Crippen molar-refractivity contribution in [3.8, 4) is 0 Å². The molecule has 0 saturated heterocycles. The van der Waals surface area contributed by atoms with Crippen molar-refractivity contribution < 1.29 is 8.98 Å². The van der Waals surface area contributed by atoms with Crippen molar-refractivity contribution in [3.63, 3.8) is 0 Å². The van der Waals surface area contributed by atoms with Gasteiger partial charge in [0.25, 0.3) is 0 Å². The van der Waals surface area contributed by atoms with Gasteiger partial charge in [0.2, 0.25) is 5.12 Å². The molecule has 0 N–H and O–H groups in total. The van der Waals surface area contributed by atoms with E-state index in [1.165, 1.54) is 32.1 Å². The smallest absolute Gasteiger partial charge is 0.219 e. The SMILES string of the molecule is COSC(=O)[C@H]1CC[C@H]2[C@@H]3CCC4=CCC=C[C@]4(C)[C@H]3CC[C@]12C. The van der Waals surface area contributed by atoms with Gasteiger partial charge in [-0.15, -0.1) is 0 Å². The molecule has 0 amide bonds. The summed E-state index contributed by atoms with van der Waals surface area (Å²) in [5, 5.41) is 0.265. The fraction of sp³-hybridized carbons (Fsp3) is 0.762. The Morgan fingerprint density at radius 3 is 2.83 bits per heavy atom. The third kappa shape index (κ3) is 2.30. The van der Waals surface area contributed by atoms with E-state index in [9.17, 15) is 4.79 Å². The zero-order chi connectivity index (χ0) is 16.9. The van der Waals surface area contributed by atoms with Gasteiger partial charge >= 0.3 is 0 Å². The van der Waals surface area contributed by atoms with Crippen LogP contribution >= 0.6 is 12.0 Å². The second-order valence-electron chi connectivity index (χ2n) is 8.81. The van der Waals surface area contributed by atoms with E-state index in [4.69, 9.17) is 4.18 Å². The van der Waals surface area contributed by atoms with Crippen LogP contribution in [-0.4, -0.2) is 12.2 Å². The van der Waals surface area contributed by atoms with Crippen LogP contribution in [-0.2, 0) is 8.98 Å². The molecule has 4 rings (SSSR count). The van der Waals surface area contributed by atoms with Crippen molar-refractivity contribution in [1.82, 2.24) is 0 Å². The van der Waals surface area contributed by atoms with Gasteiger partial charge in [-0.1, -0.05) is 37.6 Å². The fourth-order valence-electron chi connectivity index (χ4n) is 6.87. The lowest BCUT2D eigenvalue weighted by molar-refractivity contribution is -0.121. The standard InChI is InChI=1S/C21H30O2S/c1-20-12-5-4-6-14(20)7-8-15-16-9-10-18(19(22)24-23-3)21(16,2)13-11-17(15)20/h5-6,12,15-18H,4,7-11,13H2,1-3H3/t15-,16-,17-,18+,20-,21-/m0/s1. The summed E-state index contributed by atoms with van der Waals surface area (Å²) < 4.78 is 5.08. The Morgan fingerprint density at radius 2 is 2.04 bits per heavy atom. The highest BCUT2D eigenvalue weighted by Gasteiger charge is 2.59. The maximum absolute atomic E-state index is 12.6. The molecule has 0 spiro atoms. The second kappa shape index (κ2) is 6.02. The van der Waals surface area contributed by atoms with E-state index in [0.717, 1.165) is 42.6 Å². The van der Waals surface area contributed by atoms with Crippen LogP contribution in [0.2, 0.25) is 0 Å². The van der Waals surface area contributed by atoms with Crippen molar-refractivity contribution in [2.45, 2.75) is 58.8 Å². The number of hydrogen-bond acceptors (Lipinski definition) is 3. The Bertz CT molecular complexity index is 595. The van der Waals surface area contributed by atoms with E-state index in [1.54, 1.807) is 12.7 Å². The topological polar surface area (TPSA) is 26.3 Å². The predicted octanol–water partition coefficient (Wildman–Crippen LogP) is 5.55. The Balaban J connectivity index is 1.62. The first-order chi connectivity index (χ1) is 11.5. The van der Waals surface area contributed by atoms with E-state index in [2.05, 4.69) is 32.1 Å². The van der Waals surface area contributed by atoms with Gasteiger partial charge in [-0.2, -0.15) is 0 Å². The lowest BCUT2D eigenvalue weighted by atomic mass is 9.48. The van der Waals surface area contributed by atoms with Crippen LogP contribution in [0.4, 0.5) is 0 Å². The van der Waals surface area contributed by atoms with E-state index < -0.39 is 0 Å². The van der Waals surface area contributed by atoms with Gasteiger partial charge in [0, 0.05) is 11.3 Å². The molecule has 0 aromatic rings. The molecule has 4 aliphatic carbocycles. The molecule has 4 aliphatic rings. The first-order valence-corrected chi connectivity index (χ1v) is 10.4. The van der Waals surface area contributed by atoms with Crippen molar-refractivity contribution in [3.05, 3.63) is 23.8 Å². The molecule has 0 unspecified atom stereocenters. The number of fused-ring (bicyclic) bond motifs is 5. The van der Waals surface area contributed by atoms with Gasteiger partial charge < -0.3 is 4.18 Å². The fourth-order valence-corrected chi connectivity index (χ4v) is 7.53. The quantitative estimate of drug-likeness (QED) is 0.484. The van der Waals surface area contributed by atoms with Gasteiger partial charge in [0.15, 0.2) is 0 Å². The molecular weight excluding hydrogens is 316 g/mol. The molecular formula is C21H30O2S. The zero-order valence-electron chi connectivity index (χ0n) is 15.2. The Hall–Kier alpha value is -0.540. The van der Waals surface area contributed by atoms with Crippen LogP contribution in [0.1, 0.15) is 58.8 Å². The van der Waals surface area contributed by atoms with Crippen LogP contribution < -0.4 is 0 Å². The van der Waals surface area contributed by atoms with E-state index in [1.807, 2.05) is 0 Å². The summed E-state index contributed by atoms with van der Waals surface area (Å²) in [4.78, 5) is 12.6. The number of rotatable bonds is 2. The predicted molar refractivity (Wildman–Crippen MR) is 99.3 cm³/mol. The monoisotopic (exact) mass is 346 g/mol. The number of carbonyl (C=O) groups is 1. The normalized spacial score (nSPS) is 46.7. The molecule has 0 heterocycles. The minimum atomic E-state index is 0.194. The Morgan fingerprint density at radius 1 is 1.21 bits per heavy atom. The van der Waals surface area contributed by atoms with Crippen LogP contribution in [0.15, 0.2) is 23.8 Å². The summed E-state index contributed by atoms with van der Waals surface area (Å²) in [5.74, 6) is 2.48. The lowest BCUT2D eigenvalue weighted by Gasteiger charge is -2.57. The molecule has 0 aromatic carbocycles. The molecule has 24 heavy (non-hydrogen) atoms. The van der Waals surface area contributed by atoms with Crippen LogP contribution in [0.25, 0.3) is 0 Å². The summed E-state index contributed by atoms with van der Waals surface area (Å²) in [5.41, 5.74) is 2.17. The second-order valence-corrected chi connectivity index (χ2v) is 9.71. The molecule has 0 aromatic heterocycles. The Kier molecular flexibility index (Phi) is 4.24. The highest BCUT2D eigenvalue weighted by atomic mass is 32.2. The van der Waals surface area contributed by atoms with E-state index in [0.29, 0.717) is 0 Å². The largest absolute Gasteiger partial charge is 0.311 e. The van der Waals surface area contributed by atoms with Gasteiger partial charge in [0.1, 0.15) is 0 Å². The third-order valence-corrected chi connectivity index (χ3v) is 8.68. The molecule has 3 heteroatoms. The van der Waals surface area contributed by atoms with Crippen molar-refractivity contribution in [1.29, 1.82) is 0 Å². The summed E-state index contributed by atoms with van der Waals surface area (Å²) >= 11 is 1.07. The first kappa shape index (κ1) is 16.9. The van der Waals surface area contributed by atoms with Crippen molar-refractivity contribution in [2.24, 2.45) is 34.5 Å². The summed E-state index contributed by atoms with van der Waals surface area (Å²) in [6.45, 7) is 4.89. The molecule has 0 aliphatic heterocycles. The molecule has 2 nitrogen and oxygen atoms in total. The first-order valence-electron chi connectivity index (χ1n) is 9.62. The molecule has 0 radical (unpaired) electrons. The zero-order valence-corrected chi connectivity index (χ0v) is 16.0. The van der Waals surface area contributed by atoms with Crippen LogP contribution in [0.5, 0.6) is 0 Å². The maximum Gasteiger partial charge on any atom is 0.219 e. The van der Waals surface area contributed by atoms with Gasteiger partial charge in [-0.05, 0) is 68.1 Å². The molecule has 3 fully saturated rings. The van der Waals surface area contributed by atoms with Gasteiger partial charge in [-0.3, -0.25) is 4.79 Å². The average molecular weight is 347 g/mol. The summed E-state index contributed by atoms with van der Waals surface area (Å²) in [6.07, 6.45) is 15.9. The van der Waals surface area contributed by atoms with Crippen molar-refractivity contribution >= 4 is 17.2 Å².